The lowest BCUT2D eigenvalue weighted by atomic mass is 10.0. The smallest absolute Gasteiger partial charge is 0.207 e. The van der Waals surface area contributed by atoms with Gasteiger partial charge < -0.3 is 10.1 Å². The predicted molar refractivity (Wildman–Crippen MR) is 73.9 cm³/mol. The first-order valence-electron chi connectivity index (χ1n) is 6.60. The van der Waals surface area contributed by atoms with Gasteiger partial charge in [0.1, 0.15) is 5.75 Å². The van der Waals surface area contributed by atoms with E-state index >= 15 is 0 Å². The van der Waals surface area contributed by atoms with Gasteiger partial charge in [-0.25, -0.2) is 0 Å². The van der Waals surface area contributed by atoms with Crippen molar-refractivity contribution in [2.45, 2.75) is 46.1 Å². The second kappa shape index (κ2) is 7.75. The van der Waals surface area contributed by atoms with Crippen molar-refractivity contribution < 1.29 is 9.53 Å². The van der Waals surface area contributed by atoms with E-state index in [0.29, 0.717) is 0 Å². The maximum atomic E-state index is 10.4. The number of hydrogen-bond donors (Lipinski definition) is 1. The third-order valence-electron chi connectivity index (χ3n) is 3.01. The Hall–Kier alpha value is -1.51. The molecule has 1 amide bonds. The molecule has 0 aliphatic rings. The average Bonchev–Trinajstić information content (AvgIpc) is 2.35. The molecular formula is C15H23NO2. The second-order valence-corrected chi connectivity index (χ2v) is 4.62. The molecular weight excluding hydrogens is 226 g/mol. The van der Waals surface area contributed by atoms with Gasteiger partial charge in [0.15, 0.2) is 0 Å². The Labute approximate surface area is 110 Å². The molecule has 1 unspecified atom stereocenters. The predicted octanol–water partition coefficient (Wildman–Crippen LogP) is 2.85. The SMILES string of the molecule is CCCOc1cccc(C)c1CCC(C)NC=O. The number of carbonyl (C=O) groups is 1. The molecule has 0 bridgehead atoms. The van der Waals surface area contributed by atoms with Crippen LogP contribution in [-0.4, -0.2) is 19.1 Å². The van der Waals surface area contributed by atoms with Gasteiger partial charge in [-0.05, 0) is 50.3 Å². The second-order valence-electron chi connectivity index (χ2n) is 4.62. The fraction of sp³-hybridized carbons (Fsp3) is 0.533. The first-order valence-corrected chi connectivity index (χ1v) is 6.60. The van der Waals surface area contributed by atoms with Crippen molar-refractivity contribution in [2.24, 2.45) is 0 Å². The van der Waals surface area contributed by atoms with E-state index in [1.54, 1.807) is 0 Å². The molecule has 0 aromatic heterocycles. The van der Waals surface area contributed by atoms with Crippen molar-refractivity contribution in [2.75, 3.05) is 6.61 Å². The van der Waals surface area contributed by atoms with Gasteiger partial charge >= 0.3 is 0 Å². The summed E-state index contributed by atoms with van der Waals surface area (Å²) in [5.41, 5.74) is 2.51. The van der Waals surface area contributed by atoms with Gasteiger partial charge in [-0.3, -0.25) is 4.79 Å². The molecule has 1 rings (SSSR count). The van der Waals surface area contributed by atoms with Crippen LogP contribution in [0.15, 0.2) is 18.2 Å². The molecule has 1 N–H and O–H groups in total. The average molecular weight is 249 g/mol. The van der Waals surface area contributed by atoms with Gasteiger partial charge in [0.05, 0.1) is 6.61 Å². The number of rotatable bonds is 8. The lowest BCUT2D eigenvalue weighted by molar-refractivity contribution is -0.110. The summed E-state index contributed by atoms with van der Waals surface area (Å²) in [6, 6.07) is 6.35. The van der Waals surface area contributed by atoms with Gasteiger partial charge in [-0.1, -0.05) is 19.1 Å². The Morgan fingerprint density at radius 1 is 1.44 bits per heavy atom. The third kappa shape index (κ3) is 4.40. The summed E-state index contributed by atoms with van der Waals surface area (Å²) in [5.74, 6) is 0.982. The van der Waals surface area contributed by atoms with Crippen LogP contribution < -0.4 is 10.1 Å². The summed E-state index contributed by atoms with van der Waals surface area (Å²) in [7, 11) is 0. The Morgan fingerprint density at radius 3 is 2.89 bits per heavy atom. The van der Waals surface area contributed by atoms with Crippen LogP contribution in [0, 0.1) is 6.92 Å². The highest BCUT2D eigenvalue weighted by Gasteiger charge is 2.08. The van der Waals surface area contributed by atoms with Crippen LogP contribution in [-0.2, 0) is 11.2 Å². The zero-order valence-electron chi connectivity index (χ0n) is 11.5. The number of carbonyl (C=O) groups excluding carboxylic acids is 1. The molecule has 0 spiro atoms. The van der Waals surface area contributed by atoms with Crippen molar-refractivity contribution in [1.29, 1.82) is 0 Å². The molecule has 0 saturated carbocycles. The number of hydrogen-bond acceptors (Lipinski definition) is 2. The summed E-state index contributed by atoms with van der Waals surface area (Å²) in [4.78, 5) is 10.4. The summed E-state index contributed by atoms with van der Waals surface area (Å²) < 4.78 is 5.77. The lowest BCUT2D eigenvalue weighted by Crippen LogP contribution is -2.24. The van der Waals surface area contributed by atoms with Crippen LogP contribution in [0.5, 0.6) is 5.75 Å². The van der Waals surface area contributed by atoms with Gasteiger partial charge in [-0.2, -0.15) is 0 Å². The Kier molecular flexibility index (Phi) is 6.26. The minimum absolute atomic E-state index is 0.195. The van der Waals surface area contributed by atoms with Crippen LogP contribution >= 0.6 is 0 Å². The molecule has 18 heavy (non-hydrogen) atoms. The van der Waals surface area contributed by atoms with E-state index in [2.05, 4.69) is 25.2 Å². The van der Waals surface area contributed by atoms with Gasteiger partial charge in [0.2, 0.25) is 6.41 Å². The van der Waals surface area contributed by atoms with E-state index in [1.165, 1.54) is 11.1 Å². The van der Waals surface area contributed by atoms with Crippen LogP contribution in [0.1, 0.15) is 37.8 Å². The van der Waals surface area contributed by atoms with E-state index in [4.69, 9.17) is 4.74 Å². The van der Waals surface area contributed by atoms with Crippen molar-refractivity contribution in [3.05, 3.63) is 29.3 Å². The van der Waals surface area contributed by atoms with Crippen molar-refractivity contribution in [3.8, 4) is 5.75 Å². The van der Waals surface area contributed by atoms with Gasteiger partial charge in [-0.15, -0.1) is 0 Å². The number of nitrogens with one attached hydrogen (secondary N) is 1. The van der Waals surface area contributed by atoms with Crippen molar-refractivity contribution in [3.63, 3.8) is 0 Å². The molecule has 0 aliphatic carbocycles. The zero-order valence-corrected chi connectivity index (χ0v) is 11.5. The first-order chi connectivity index (χ1) is 8.69. The highest BCUT2D eigenvalue weighted by atomic mass is 16.5. The van der Waals surface area contributed by atoms with E-state index in [-0.39, 0.29) is 6.04 Å². The number of amides is 1. The highest BCUT2D eigenvalue weighted by Crippen LogP contribution is 2.24. The molecule has 0 fully saturated rings. The van der Waals surface area contributed by atoms with Crippen molar-refractivity contribution >= 4 is 6.41 Å². The summed E-state index contributed by atoms with van der Waals surface area (Å²) in [6.07, 6.45) is 3.62. The van der Waals surface area contributed by atoms with Crippen LogP contribution in [0.25, 0.3) is 0 Å². The quantitative estimate of drug-likeness (QED) is 0.719. The molecule has 0 saturated heterocycles. The van der Waals surface area contributed by atoms with Crippen LogP contribution in [0.2, 0.25) is 0 Å². The largest absolute Gasteiger partial charge is 0.493 e. The molecule has 0 heterocycles. The number of benzene rings is 1. The lowest BCUT2D eigenvalue weighted by Gasteiger charge is -2.15. The Morgan fingerprint density at radius 2 is 2.22 bits per heavy atom. The van der Waals surface area contributed by atoms with Gasteiger partial charge in [0, 0.05) is 6.04 Å². The summed E-state index contributed by atoms with van der Waals surface area (Å²) >= 11 is 0. The summed E-state index contributed by atoms with van der Waals surface area (Å²) in [6.45, 7) is 6.97. The van der Waals surface area contributed by atoms with Crippen molar-refractivity contribution in [1.82, 2.24) is 5.32 Å². The highest BCUT2D eigenvalue weighted by molar-refractivity contribution is 5.46. The first kappa shape index (κ1) is 14.6. The zero-order chi connectivity index (χ0) is 13.4. The Balaban J connectivity index is 2.69. The maximum Gasteiger partial charge on any atom is 0.207 e. The molecule has 1 atom stereocenters. The molecule has 3 heteroatoms. The number of aryl methyl sites for hydroxylation is 1. The fourth-order valence-corrected chi connectivity index (χ4v) is 1.90. The topological polar surface area (TPSA) is 38.3 Å². The molecule has 1 aromatic carbocycles. The number of ether oxygens (including phenoxy) is 1. The minimum atomic E-state index is 0.195. The fourth-order valence-electron chi connectivity index (χ4n) is 1.90. The minimum Gasteiger partial charge on any atom is -0.493 e. The molecule has 3 nitrogen and oxygen atoms in total. The van der Waals surface area contributed by atoms with E-state index < -0.39 is 0 Å². The van der Waals surface area contributed by atoms with Gasteiger partial charge in [0.25, 0.3) is 0 Å². The van der Waals surface area contributed by atoms with E-state index in [0.717, 1.165) is 38.0 Å². The summed E-state index contributed by atoms with van der Waals surface area (Å²) in [5, 5.41) is 2.78. The molecule has 1 aromatic rings. The molecule has 0 aliphatic heterocycles. The third-order valence-corrected chi connectivity index (χ3v) is 3.01. The maximum absolute atomic E-state index is 10.4. The Bertz CT molecular complexity index is 377. The normalized spacial score (nSPS) is 11.9. The molecule has 100 valence electrons. The standard InChI is InChI=1S/C15H23NO2/c1-4-10-18-15-7-5-6-12(2)14(15)9-8-13(3)16-11-17/h5-7,11,13H,4,8-10H2,1-3H3,(H,16,17). The van der Waals surface area contributed by atoms with Crippen LogP contribution in [0.4, 0.5) is 0 Å². The van der Waals surface area contributed by atoms with Crippen LogP contribution in [0.3, 0.4) is 0 Å². The molecule has 0 radical (unpaired) electrons. The van der Waals surface area contributed by atoms with E-state index in [9.17, 15) is 4.79 Å². The van der Waals surface area contributed by atoms with E-state index in [1.807, 2.05) is 19.1 Å². The monoisotopic (exact) mass is 249 g/mol.